The van der Waals surface area contributed by atoms with Crippen LogP contribution in [0, 0.1) is 0 Å². The fourth-order valence-corrected chi connectivity index (χ4v) is 1.64. The van der Waals surface area contributed by atoms with E-state index in [-0.39, 0.29) is 5.78 Å². The van der Waals surface area contributed by atoms with Gasteiger partial charge in [-0.05, 0) is 30.5 Å². The van der Waals surface area contributed by atoms with Crippen LogP contribution < -0.4 is 4.74 Å². The van der Waals surface area contributed by atoms with Gasteiger partial charge in [-0.2, -0.15) is 0 Å². The number of carbonyl (C=O) groups excluding carboxylic acids is 1. The third-order valence-electron chi connectivity index (χ3n) is 2.24. The van der Waals surface area contributed by atoms with Crippen molar-refractivity contribution in [2.24, 2.45) is 0 Å². The summed E-state index contributed by atoms with van der Waals surface area (Å²) in [4.78, 5) is 11.0. The Hall–Kier alpha value is -1.31. The summed E-state index contributed by atoms with van der Waals surface area (Å²) in [6.07, 6.45) is 1.40. The quantitative estimate of drug-likeness (QED) is 0.732. The third kappa shape index (κ3) is 2.34. The van der Waals surface area contributed by atoms with E-state index < -0.39 is 0 Å². The van der Waals surface area contributed by atoms with Gasteiger partial charge in [0.25, 0.3) is 0 Å². The molecule has 0 radical (unpaired) electrons. The summed E-state index contributed by atoms with van der Waals surface area (Å²) in [6, 6.07) is 5.85. The molecule has 0 saturated carbocycles. The summed E-state index contributed by atoms with van der Waals surface area (Å²) in [5.41, 5.74) is 2.23. The van der Waals surface area contributed by atoms with Crippen LogP contribution in [0.2, 0.25) is 0 Å². The van der Waals surface area contributed by atoms with Crippen LogP contribution in [0.1, 0.15) is 25.0 Å². The largest absolute Gasteiger partial charge is 0.496 e. The van der Waals surface area contributed by atoms with E-state index in [9.17, 15) is 4.79 Å². The van der Waals surface area contributed by atoms with Crippen molar-refractivity contribution in [2.45, 2.75) is 26.7 Å². The summed E-state index contributed by atoms with van der Waals surface area (Å²) in [5, 5.41) is 0. The maximum absolute atomic E-state index is 11.0. The highest BCUT2D eigenvalue weighted by Crippen LogP contribution is 2.23. The van der Waals surface area contributed by atoms with Gasteiger partial charge in [0.15, 0.2) is 0 Å². The molecule has 0 bridgehead atoms. The Labute approximate surface area is 84.9 Å². The van der Waals surface area contributed by atoms with Crippen LogP contribution in [-0.2, 0) is 17.6 Å². The van der Waals surface area contributed by atoms with Gasteiger partial charge in [-0.15, -0.1) is 0 Å². The number of benzene rings is 1. The lowest BCUT2D eigenvalue weighted by Crippen LogP contribution is -2.02. The molecule has 1 aromatic carbocycles. The molecule has 0 aromatic heterocycles. The van der Waals surface area contributed by atoms with Crippen LogP contribution in [0.15, 0.2) is 18.2 Å². The van der Waals surface area contributed by atoms with Gasteiger partial charge in [0, 0.05) is 6.42 Å². The average Bonchev–Trinajstić information content (AvgIpc) is 2.16. The van der Waals surface area contributed by atoms with E-state index in [2.05, 4.69) is 6.92 Å². The number of Topliss-reactive ketones (excluding diaryl/α,β-unsaturated/α-hetero) is 1. The monoisotopic (exact) mass is 192 g/mol. The molecule has 0 amide bonds. The second-order valence-electron chi connectivity index (χ2n) is 3.33. The molecule has 1 aromatic rings. The van der Waals surface area contributed by atoms with Crippen LogP contribution in [0.4, 0.5) is 0 Å². The minimum atomic E-state index is 0.188. The lowest BCUT2D eigenvalue weighted by Gasteiger charge is -2.10. The van der Waals surface area contributed by atoms with Crippen molar-refractivity contribution in [3.8, 4) is 5.75 Å². The highest BCUT2D eigenvalue weighted by Gasteiger charge is 2.08. The molecule has 14 heavy (non-hydrogen) atoms. The SMILES string of the molecule is CCc1c(CC(C)=O)cccc1OC. The molecular weight excluding hydrogens is 176 g/mol. The molecule has 0 aliphatic rings. The zero-order valence-corrected chi connectivity index (χ0v) is 8.96. The van der Waals surface area contributed by atoms with Crippen LogP contribution >= 0.6 is 0 Å². The first-order chi connectivity index (χ1) is 6.69. The fraction of sp³-hybridized carbons (Fsp3) is 0.417. The van der Waals surface area contributed by atoms with Crippen LogP contribution in [0.5, 0.6) is 5.75 Å². The molecule has 0 aliphatic heterocycles. The van der Waals surface area contributed by atoms with Gasteiger partial charge in [0.1, 0.15) is 11.5 Å². The fourth-order valence-electron chi connectivity index (χ4n) is 1.64. The molecule has 2 heteroatoms. The van der Waals surface area contributed by atoms with Gasteiger partial charge in [0.2, 0.25) is 0 Å². The van der Waals surface area contributed by atoms with Crippen molar-refractivity contribution in [1.82, 2.24) is 0 Å². The standard InChI is InChI=1S/C12H16O2/c1-4-11-10(8-9(2)13)6-5-7-12(11)14-3/h5-7H,4,8H2,1-3H3. The van der Waals surface area contributed by atoms with E-state index in [1.54, 1.807) is 14.0 Å². The molecule has 0 fully saturated rings. The third-order valence-corrected chi connectivity index (χ3v) is 2.24. The van der Waals surface area contributed by atoms with Gasteiger partial charge in [-0.1, -0.05) is 19.1 Å². The van der Waals surface area contributed by atoms with Crippen LogP contribution in [-0.4, -0.2) is 12.9 Å². The first-order valence-electron chi connectivity index (χ1n) is 4.83. The molecular formula is C12H16O2. The minimum absolute atomic E-state index is 0.188. The highest BCUT2D eigenvalue weighted by molar-refractivity contribution is 5.78. The number of carbonyl (C=O) groups is 1. The normalized spacial score (nSPS) is 9.93. The Balaban J connectivity index is 3.08. The summed E-state index contributed by atoms with van der Waals surface area (Å²) in [5.74, 6) is 1.07. The van der Waals surface area contributed by atoms with Crippen LogP contribution in [0.3, 0.4) is 0 Å². The molecule has 76 valence electrons. The zero-order chi connectivity index (χ0) is 10.6. The minimum Gasteiger partial charge on any atom is -0.496 e. The smallest absolute Gasteiger partial charge is 0.134 e. The van der Waals surface area contributed by atoms with Crippen molar-refractivity contribution in [2.75, 3.05) is 7.11 Å². The molecule has 0 spiro atoms. The summed E-state index contributed by atoms with van der Waals surface area (Å²) in [6.45, 7) is 3.68. The van der Waals surface area contributed by atoms with E-state index in [0.717, 1.165) is 23.3 Å². The summed E-state index contributed by atoms with van der Waals surface area (Å²) < 4.78 is 5.25. The Kier molecular flexibility index (Phi) is 3.69. The molecule has 0 heterocycles. The Morgan fingerprint density at radius 3 is 2.64 bits per heavy atom. The number of ketones is 1. The molecule has 0 atom stereocenters. The maximum Gasteiger partial charge on any atom is 0.134 e. The van der Waals surface area contributed by atoms with Crippen molar-refractivity contribution >= 4 is 5.78 Å². The lowest BCUT2D eigenvalue weighted by molar-refractivity contribution is -0.116. The van der Waals surface area contributed by atoms with Gasteiger partial charge in [-0.25, -0.2) is 0 Å². The molecule has 0 saturated heterocycles. The van der Waals surface area contributed by atoms with Crippen molar-refractivity contribution in [1.29, 1.82) is 0 Å². The number of methoxy groups -OCH3 is 1. The highest BCUT2D eigenvalue weighted by atomic mass is 16.5. The van der Waals surface area contributed by atoms with Gasteiger partial charge in [0.05, 0.1) is 7.11 Å². The van der Waals surface area contributed by atoms with E-state index >= 15 is 0 Å². The number of hydrogen-bond donors (Lipinski definition) is 0. The van der Waals surface area contributed by atoms with Crippen molar-refractivity contribution in [3.05, 3.63) is 29.3 Å². The summed E-state index contributed by atoms with van der Waals surface area (Å²) >= 11 is 0. The first-order valence-corrected chi connectivity index (χ1v) is 4.83. The van der Waals surface area contributed by atoms with E-state index in [4.69, 9.17) is 4.74 Å². The second kappa shape index (κ2) is 4.80. The van der Waals surface area contributed by atoms with Gasteiger partial charge >= 0.3 is 0 Å². The maximum atomic E-state index is 11.0. The topological polar surface area (TPSA) is 26.3 Å². The summed E-state index contributed by atoms with van der Waals surface area (Å²) in [7, 11) is 1.66. The first kappa shape index (κ1) is 10.8. The predicted octanol–water partition coefficient (Wildman–Crippen LogP) is 2.39. The Morgan fingerprint density at radius 2 is 2.14 bits per heavy atom. The molecule has 1 rings (SSSR count). The van der Waals surface area contributed by atoms with Crippen molar-refractivity contribution < 1.29 is 9.53 Å². The zero-order valence-electron chi connectivity index (χ0n) is 8.96. The number of hydrogen-bond acceptors (Lipinski definition) is 2. The van der Waals surface area contributed by atoms with E-state index in [1.165, 1.54) is 0 Å². The Morgan fingerprint density at radius 1 is 1.43 bits per heavy atom. The lowest BCUT2D eigenvalue weighted by atomic mass is 10.00. The van der Waals surface area contributed by atoms with Gasteiger partial charge in [-0.3, -0.25) is 4.79 Å². The predicted molar refractivity (Wildman–Crippen MR) is 56.8 cm³/mol. The molecule has 0 unspecified atom stereocenters. The molecule has 2 nitrogen and oxygen atoms in total. The molecule has 0 N–H and O–H groups in total. The number of ether oxygens (including phenoxy) is 1. The van der Waals surface area contributed by atoms with Crippen LogP contribution in [0.25, 0.3) is 0 Å². The average molecular weight is 192 g/mol. The van der Waals surface area contributed by atoms with E-state index in [0.29, 0.717) is 6.42 Å². The molecule has 0 aliphatic carbocycles. The number of rotatable bonds is 4. The second-order valence-corrected chi connectivity index (χ2v) is 3.33. The van der Waals surface area contributed by atoms with Crippen molar-refractivity contribution in [3.63, 3.8) is 0 Å². The van der Waals surface area contributed by atoms with E-state index in [1.807, 2.05) is 18.2 Å². The van der Waals surface area contributed by atoms with Gasteiger partial charge < -0.3 is 4.74 Å². The Bertz CT molecular complexity index is 329.